The zero-order valence-corrected chi connectivity index (χ0v) is 23.5. The third-order valence-corrected chi connectivity index (χ3v) is 9.17. The summed E-state index contributed by atoms with van der Waals surface area (Å²) in [5.41, 5.74) is 1.25. The van der Waals surface area contributed by atoms with Crippen molar-refractivity contribution in [3.8, 4) is 0 Å². The number of hydrogen-bond donors (Lipinski definition) is 0. The molecule has 0 saturated heterocycles. The van der Waals surface area contributed by atoms with Crippen molar-refractivity contribution in [2.45, 2.75) is 97.3 Å². The van der Waals surface area contributed by atoms with Crippen molar-refractivity contribution in [2.75, 3.05) is 0 Å². The molecular weight excluding hydrogens is 536 g/mol. The van der Waals surface area contributed by atoms with Crippen LogP contribution in [0.1, 0.15) is 106 Å². The lowest BCUT2D eigenvalue weighted by Crippen LogP contribution is -2.04. The molecule has 2 aromatic rings. The minimum atomic E-state index is 0.866. The van der Waals surface area contributed by atoms with Gasteiger partial charge in [-0.1, -0.05) is 97.0 Å². The SMILES string of the molecule is CCCCCCCCC(CCCCCC)Cc1ccc(/C=C/c2cc(Br)sc2Br)s1. The van der Waals surface area contributed by atoms with E-state index in [4.69, 9.17) is 0 Å². The smallest absolute Gasteiger partial charge is 0.0782 e. The van der Waals surface area contributed by atoms with Gasteiger partial charge >= 0.3 is 0 Å². The Morgan fingerprint density at radius 1 is 0.800 bits per heavy atom. The molecule has 2 aromatic heterocycles. The van der Waals surface area contributed by atoms with Gasteiger partial charge in [-0.15, -0.1) is 22.7 Å². The van der Waals surface area contributed by atoms with Crippen LogP contribution in [0.2, 0.25) is 0 Å². The highest BCUT2D eigenvalue weighted by Gasteiger charge is 2.11. The quantitative estimate of drug-likeness (QED) is 0.175. The van der Waals surface area contributed by atoms with Crippen LogP contribution in [0, 0.1) is 5.92 Å². The third kappa shape index (κ3) is 10.6. The third-order valence-electron chi connectivity index (χ3n) is 5.71. The van der Waals surface area contributed by atoms with Gasteiger partial charge < -0.3 is 0 Å². The minimum absolute atomic E-state index is 0.866. The van der Waals surface area contributed by atoms with Crippen LogP contribution in [0.15, 0.2) is 25.8 Å². The zero-order valence-electron chi connectivity index (χ0n) is 18.7. The van der Waals surface area contributed by atoms with Gasteiger partial charge in [0.25, 0.3) is 0 Å². The number of hydrogen-bond acceptors (Lipinski definition) is 2. The van der Waals surface area contributed by atoms with Crippen molar-refractivity contribution < 1.29 is 0 Å². The van der Waals surface area contributed by atoms with Crippen molar-refractivity contribution in [2.24, 2.45) is 5.92 Å². The molecule has 0 radical (unpaired) electrons. The summed E-state index contributed by atoms with van der Waals surface area (Å²) in [6.45, 7) is 4.61. The lowest BCUT2D eigenvalue weighted by atomic mass is 9.91. The van der Waals surface area contributed by atoms with Crippen LogP contribution < -0.4 is 0 Å². The molecule has 0 aliphatic heterocycles. The Morgan fingerprint density at radius 3 is 2.07 bits per heavy atom. The molecule has 0 N–H and O–H groups in total. The summed E-state index contributed by atoms with van der Waals surface area (Å²) >= 11 is 10.9. The van der Waals surface area contributed by atoms with Crippen LogP contribution in [0.3, 0.4) is 0 Å². The average molecular weight is 575 g/mol. The summed E-state index contributed by atoms with van der Waals surface area (Å²) in [5, 5.41) is 0. The molecule has 2 heterocycles. The van der Waals surface area contributed by atoms with Gasteiger partial charge in [0.2, 0.25) is 0 Å². The molecule has 1 atom stereocenters. The molecule has 0 aliphatic rings. The molecule has 168 valence electrons. The molecule has 0 nitrogen and oxygen atoms in total. The number of thiophene rings is 2. The summed E-state index contributed by atoms with van der Waals surface area (Å²) < 4.78 is 2.36. The highest BCUT2D eigenvalue weighted by molar-refractivity contribution is 9.12. The largest absolute Gasteiger partial charge is 0.141 e. The highest BCUT2D eigenvalue weighted by Crippen LogP contribution is 2.33. The van der Waals surface area contributed by atoms with Crippen LogP contribution >= 0.6 is 54.5 Å². The molecular formula is C26H38Br2S2. The van der Waals surface area contributed by atoms with Crippen molar-refractivity contribution in [1.29, 1.82) is 0 Å². The fourth-order valence-corrected chi connectivity index (χ4v) is 7.72. The predicted octanol–water partition coefficient (Wildman–Crippen LogP) is 11.4. The van der Waals surface area contributed by atoms with Gasteiger partial charge in [0.05, 0.1) is 7.57 Å². The Hall–Kier alpha value is 0.100. The lowest BCUT2D eigenvalue weighted by molar-refractivity contribution is 0.404. The first-order chi connectivity index (χ1) is 14.6. The summed E-state index contributed by atoms with van der Waals surface area (Å²) in [4.78, 5) is 2.93. The first-order valence-electron chi connectivity index (χ1n) is 11.8. The summed E-state index contributed by atoms with van der Waals surface area (Å²) in [6, 6.07) is 6.83. The van der Waals surface area contributed by atoms with E-state index >= 15 is 0 Å². The molecule has 0 spiro atoms. The monoisotopic (exact) mass is 572 g/mol. The maximum atomic E-state index is 3.65. The van der Waals surface area contributed by atoms with Gasteiger partial charge in [-0.3, -0.25) is 0 Å². The van der Waals surface area contributed by atoms with Gasteiger partial charge in [0.1, 0.15) is 0 Å². The molecule has 4 heteroatoms. The maximum absolute atomic E-state index is 3.65. The van der Waals surface area contributed by atoms with Gasteiger partial charge in [-0.2, -0.15) is 0 Å². The number of halogens is 2. The normalized spacial score (nSPS) is 12.8. The van der Waals surface area contributed by atoms with Crippen molar-refractivity contribution in [3.63, 3.8) is 0 Å². The number of unbranched alkanes of at least 4 members (excludes halogenated alkanes) is 8. The summed E-state index contributed by atoms with van der Waals surface area (Å²) in [7, 11) is 0. The Kier molecular flexibility index (Phi) is 13.9. The highest BCUT2D eigenvalue weighted by atomic mass is 79.9. The van der Waals surface area contributed by atoms with E-state index in [2.05, 4.69) is 76.1 Å². The Bertz CT molecular complexity index is 729. The number of rotatable bonds is 16. The predicted molar refractivity (Wildman–Crippen MR) is 147 cm³/mol. The Labute approximate surface area is 209 Å². The molecule has 0 aliphatic carbocycles. The van der Waals surface area contributed by atoms with E-state index in [9.17, 15) is 0 Å². The van der Waals surface area contributed by atoms with Crippen LogP contribution in [0.5, 0.6) is 0 Å². The first kappa shape index (κ1) is 26.4. The van der Waals surface area contributed by atoms with E-state index < -0.39 is 0 Å². The molecule has 0 fully saturated rings. The second kappa shape index (κ2) is 15.8. The molecule has 0 aromatic carbocycles. The van der Waals surface area contributed by atoms with Gasteiger partial charge in [-0.05, 0) is 68.5 Å². The Morgan fingerprint density at radius 2 is 1.43 bits per heavy atom. The van der Waals surface area contributed by atoms with Crippen molar-refractivity contribution in [1.82, 2.24) is 0 Å². The summed E-state index contributed by atoms with van der Waals surface area (Å²) in [5.74, 6) is 0.866. The fraction of sp³-hybridized carbons (Fsp3) is 0.615. The second-order valence-corrected chi connectivity index (χ2v) is 13.3. The van der Waals surface area contributed by atoms with E-state index in [1.54, 1.807) is 16.2 Å². The first-order valence-corrected chi connectivity index (χ1v) is 15.1. The summed E-state index contributed by atoms with van der Waals surface area (Å²) in [6.07, 6.45) is 22.6. The van der Waals surface area contributed by atoms with Crippen molar-refractivity contribution >= 4 is 66.7 Å². The molecule has 0 saturated carbocycles. The average Bonchev–Trinajstić information content (AvgIpc) is 3.31. The van der Waals surface area contributed by atoms with E-state index in [1.165, 1.54) is 101 Å². The molecule has 0 bridgehead atoms. The van der Waals surface area contributed by atoms with Crippen LogP contribution in [0.4, 0.5) is 0 Å². The topological polar surface area (TPSA) is 0 Å². The van der Waals surface area contributed by atoms with Crippen LogP contribution in [0.25, 0.3) is 12.2 Å². The van der Waals surface area contributed by atoms with Gasteiger partial charge in [0, 0.05) is 15.3 Å². The molecule has 0 amide bonds. The molecule has 2 rings (SSSR count). The second-order valence-electron chi connectivity index (χ2n) is 8.39. The fourth-order valence-electron chi connectivity index (χ4n) is 3.94. The molecule has 30 heavy (non-hydrogen) atoms. The minimum Gasteiger partial charge on any atom is -0.141 e. The van der Waals surface area contributed by atoms with Crippen molar-refractivity contribution in [3.05, 3.63) is 41.1 Å². The van der Waals surface area contributed by atoms with E-state index in [-0.39, 0.29) is 0 Å². The van der Waals surface area contributed by atoms with Crippen LogP contribution in [-0.4, -0.2) is 0 Å². The lowest BCUT2D eigenvalue weighted by Gasteiger charge is -2.16. The van der Waals surface area contributed by atoms with E-state index in [0.29, 0.717) is 0 Å². The standard InChI is InChI=1S/C26H38Br2S2/c1-3-5-7-9-10-12-14-21(13-11-8-6-4-2)19-24-18-17-23(29-24)16-15-22-20-25(27)30-26(22)28/h15-18,20-21H,3-14,19H2,1-2H3/b16-15+. The van der Waals surface area contributed by atoms with E-state index in [1.807, 2.05) is 11.3 Å². The molecule has 1 unspecified atom stereocenters. The zero-order chi connectivity index (χ0) is 21.6. The maximum Gasteiger partial charge on any atom is 0.0782 e. The van der Waals surface area contributed by atoms with Crippen LogP contribution in [-0.2, 0) is 6.42 Å². The van der Waals surface area contributed by atoms with Gasteiger partial charge in [-0.25, -0.2) is 0 Å². The van der Waals surface area contributed by atoms with Gasteiger partial charge in [0.15, 0.2) is 0 Å². The Balaban J connectivity index is 1.86. The van der Waals surface area contributed by atoms with E-state index in [0.717, 1.165) is 5.92 Å².